The Morgan fingerprint density at radius 1 is 1.13 bits per heavy atom. The van der Waals surface area contributed by atoms with Crippen LogP contribution in [0.1, 0.15) is 44.9 Å². The molecule has 0 bridgehead atoms. The van der Waals surface area contributed by atoms with Crippen molar-refractivity contribution in [1.82, 2.24) is 5.32 Å². The summed E-state index contributed by atoms with van der Waals surface area (Å²) < 4.78 is 10.7. The van der Waals surface area contributed by atoms with E-state index in [1.165, 1.54) is 6.42 Å². The molecule has 1 fully saturated rings. The largest absolute Gasteiger partial charge is 0.484 e. The van der Waals surface area contributed by atoms with E-state index in [0.717, 1.165) is 25.7 Å². The minimum atomic E-state index is -0.900. The number of hydrogen-bond acceptors (Lipinski definition) is 4. The van der Waals surface area contributed by atoms with E-state index in [1.54, 1.807) is 24.3 Å². The molecule has 1 amide bonds. The molecule has 0 unspecified atom stereocenters. The fourth-order valence-corrected chi connectivity index (χ4v) is 2.94. The van der Waals surface area contributed by atoms with E-state index in [9.17, 15) is 9.59 Å². The van der Waals surface area contributed by atoms with Crippen molar-refractivity contribution in [1.29, 1.82) is 0 Å². The lowest BCUT2D eigenvalue weighted by Gasteiger charge is -2.34. The van der Waals surface area contributed by atoms with Gasteiger partial charge in [-0.15, -0.1) is 0 Å². The van der Waals surface area contributed by atoms with Crippen molar-refractivity contribution in [3.8, 4) is 5.75 Å². The van der Waals surface area contributed by atoms with E-state index in [-0.39, 0.29) is 12.5 Å². The van der Waals surface area contributed by atoms with Crippen LogP contribution >= 0.6 is 11.6 Å². The Labute approximate surface area is 141 Å². The van der Waals surface area contributed by atoms with E-state index in [4.69, 9.17) is 21.1 Å². The van der Waals surface area contributed by atoms with Gasteiger partial charge in [0.2, 0.25) is 0 Å². The van der Waals surface area contributed by atoms with Crippen LogP contribution in [0.15, 0.2) is 24.3 Å². The lowest BCUT2D eigenvalue weighted by atomic mass is 9.93. The monoisotopic (exact) mass is 339 g/mol. The molecule has 1 aliphatic rings. The van der Waals surface area contributed by atoms with Crippen LogP contribution in [0.3, 0.4) is 0 Å². The summed E-state index contributed by atoms with van der Waals surface area (Å²) in [7, 11) is 0. The number of rotatable bonds is 6. The van der Waals surface area contributed by atoms with Crippen LogP contribution < -0.4 is 10.1 Å². The minimum Gasteiger partial charge on any atom is -0.484 e. The summed E-state index contributed by atoms with van der Waals surface area (Å²) in [6.45, 7) is 0.285. The summed E-state index contributed by atoms with van der Waals surface area (Å²) >= 11 is 5.80. The molecular formula is C17H22ClNO4. The van der Waals surface area contributed by atoms with Crippen molar-refractivity contribution in [3.05, 3.63) is 29.3 Å². The Morgan fingerprint density at radius 2 is 1.74 bits per heavy atom. The van der Waals surface area contributed by atoms with E-state index in [0.29, 0.717) is 30.1 Å². The number of carbonyl (C=O) groups excluding carboxylic acids is 2. The number of benzene rings is 1. The van der Waals surface area contributed by atoms with E-state index >= 15 is 0 Å². The first kappa shape index (κ1) is 17.6. The maximum Gasteiger partial charge on any atom is 0.295 e. The average molecular weight is 340 g/mol. The molecule has 0 aromatic heterocycles. The predicted molar refractivity (Wildman–Crippen MR) is 87.3 cm³/mol. The van der Waals surface area contributed by atoms with Gasteiger partial charge in [-0.25, -0.2) is 0 Å². The molecule has 0 spiro atoms. The van der Waals surface area contributed by atoms with Gasteiger partial charge < -0.3 is 14.8 Å². The zero-order valence-corrected chi connectivity index (χ0v) is 13.8. The van der Waals surface area contributed by atoms with Crippen LogP contribution in [0, 0.1) is 0 Å². The van der Waals surface area contributed by atoms with Gasteiger partial charge in [0, 0.05) is 17.9 Å². The molecule has 1 N–H and O–H groups in total. The fraction of sp³-hybridized carbons (Fsp3) is 0.529. The van der Waals surface area contributed by atoms with Crippen molar-refractivity contribution in [2.75, 3.05) is 6.61 Å². The molecule has 23 heavy (non-hydrogen) atoms. The molecule has 5 nitrogen and oxygen atoms in total. The molecule has 0 aliphatic heterocycles. The van der Waals surface area contributed by atoms with Gasteiger partial charge in [-0.05, 0) is 37.1 Å². The molecule has 2 rings (SSSR count). The third kappa shape index (κ3) is 5.75. The van der Waals surface area contributed by atoms with Crippen LogP contribution in [0.4, 0.5) is 0 Å². The summed E-state index contributed by atoms with van der Waals surface area (Å²) in [6, 6.07) is 6.79. The number of nitrogens with one attached hydrogen (secondary N) is 1. The average Bonchev–Trinajstić information content (AvgIpc) is 2.51. The van der Waals surface area contributed by atoms with Gasteiger partial charge in [-0.2, -0.15) is 0 Å². The van der Waals surface area contributed by atoms with Crippen molar-refractivity contribution in [3.63, 3.8) is 0 Å². The SMILES string of the molecule is O=COC1(NC(=O)COc2ccc(Cl)cc2)CCCCCCC1. The Hall–Kier alpha value is -1.75. The second-order valence-electron chi connectivity index (χ2n) is 5.77. The summed E-state index contributed by atoms with van der Waals surface area (Å²) in [5, 5.41) is 3.45. The Kier molecular flexibility index (Phi) is 6.71. The molecule has 1 aromatic rings. The lowest BCUT2D eigenvalue weighted by Crippen LogP contribution is -2.52. The highest BCUT2D eigenvalue weighted by Gasteiger charge is 2.33. The first-order valence-electron chi connectivity index (χ1n) is 7.94. The summed E-state index contributed by atoms with van der Waals surface area (Å²) in [6.07, 6.45) is 6.47. The topological polar surface area (TPSA) is 64.6 Å². The highest BCUT2D eigenvalue weighted by atomic mass is 35.5. The minimum absolute atomic E-state index is 0.133. The van der Waals surface area contributed by atoms with Gasteiger partial charge in [0.25, 0.3) is 12.4 Å². The molecule has 0 radical (unpaired) electrons. The normalized spacial score (nSPS) is 17.4. The molecule has 1 aliphatic carbocycles. The van der Waals surface area contributed by atoms with Crippen molar-refractivity contribution >= 4 is 24.0 Å². The van der Waals surface area contributed by atoms with E-state index in [1.807, 2.05) is 0 Å². The van der Waals surface area contributed by atoms with Gasteiger partial charge >= 0.3 is 0 Å². The molecule has 6 heteroatoms. The first-order valence-corrected chi connectivity index (χ1v) is 8.32. The number of ether oxygens (including phenoxy) is 2. The van der Waals surface area contributed by atoms with Gasteiger partial charge in [0.1, 0.15) is 5.75 Å². The van der Waals surface area contributed by atoms with Crippen LogP contribution in [-0.4, -0.2) is 24.7 Å². The number of halogens is 1. The molecule has 0 saturated heterocycles. The van der Waals surface area contributed by atoms with Crippen molar-refractivity contribution in [2.24, 2.45) is 0 Å². The van der Waals surface area contributed by atoms with Crippen LogP contribution in [-0.2, 0) is 14.3 Å². The van der Waals surface area contributed by atoms with Crippen LogP contribution in [0.2, 0.25) is 5.02 Å². The van der Waals surface area contributed by atoms with Crippen LogP contribution in [0.5, 0.6) is 5.75 Å². The second-order valence-corrected chi connectivity index (χ2v) is 6.20. The van der Waals surface area contributed by atoms with E-state index < -0.39 is 5.72 Å². The van der Waals surface area contributed by atoms with Crippen molar-refractivity contribution in [2.45, 2.75) is 50.7 Å². The predicted octanol–water partition coefficient (Wildman–Crippen LogP) is 3.45. The molecule has 1 saturated carbocycles. The molecular weight excluding hydrogens is 318 g/mol. The van der Waals surface area contributed by atoms with Gasteiger partial charge in [-0.1, -0.05) is 30.9 Å². The van der Waals surface area contributed by atoms with Crippen LogP contribution in [0.25, 0.3) is 0 Å². The Morgan fingerprint density at radius 3 is 2.35 bits per heavy atom. The maximum absolute atomic E-state index is 12.2. The molecule has 0 heterocycles. The number of hydrogen-bond donors (Lipinski definition) is 1. The standard InChI is InChI=1S/C17H22ClNO4/c18-14-6-8-15(9-7-14)22-12-16(21)19-17(23-13-20)10-4-2-1-3-5-11-17/h6-9,13H,1-5,10-12H2,(H,19,21). The van der Waals surface area contributed by atoms with E-state index in [2.05, 4.69) is 5.32 Å². The highest BCUT2D eigenvalue weighted by molar-refractivity contribution is 6.30. The van der Waals surface area contributed by atoms with Gasteiger partial charge in [0.05, 0.1) is 0 Å². The third-order valence-corrected chi connectivity index (χ3v) is 4.24. The second kappa shape index (κ2) is 8.77. The first-order chi connectivity index (χ1) is 11.1. The molecule has 126 valence electrons. The lowest BCUT2D eigenvalue weighted by molar-refractivity contribution is -0.155. The Balaban J connectivity index is 1.91. The summed E-state index contributed by atoms with van der Waals surface area (Å²) in [5.74, 6) is 0.259. The third-order valence-electron chi connectivity index (χ3n) is 3.99. The maximum atomic E-state index is 12.2. The number of carbonyl (C=O) groups is 2. The summed E-state index contributed by atoms with van der Waals surface area (Å²) in [5.41, 5.74) is -0.900. The molecule has 1 aromatic carbocycles. The van der Waals surface area contributed by atoms with Gasteiger partial charge in [-0.3, -0.25) is 9.59 Å². The zero-order chi connectivity index (χ0) is 16.5. The highest BCUT2D eigenvalue weighted by Crippen LogP contribution is 2.27. The van der Waals surface area contributed by atoms with Crippen molar-refractivity contribution < 1.29 is 19.1 Å². The van der Waals surface area contributed by atoms with Gasteiger partial charge in [0.15, 0.2) is 12.3 Å². The summed E-state index contributed by atoms with van der Waals surface area (Å²) in [4.78, 5) is 23.0. The zero-order valence-electron chi connectivity index (χ0n) is 13.1. The smallest absolute Gasteiger partial charge is 0.295 e. The fourth-order valence-electron chi connectivity index (χ4n) is 2.81. The Bertz CT molecular complexity index is 510. The molecule has 0 atom stereocenters. The number of amides is 1. The quantitative estimate of drug-likeness (QED) is 0.637.